The molecule has 2 aliphatic rings. The van der Waals surface area contributed by atoms with Gasteiger partial charge in [0.25, 0.3) is 0 Å². The Balaban J connectivity index is 0.000000203. The van der Waals surface area contributed by atoms with Crippen molar-refractivity contribution < 1.29 is 23.1 Å². The van der Waals surface area contributed by atoms with E-state index in [1.54, 1.807) is 0 Å². The summed E-state index contributed by atoms with van der Waals surface area (Å²) in [6, 6.07) is 0. The third-order valence-corrected chi connectivity index (χ3v) is 4.59. The Labute approximate surface area is 111 Å². The molecule has 0 unspecified atom stereocenters. The quantitative estimate of drug-likeness (QED) is 0.812. The molecule has 2 heterocycles. The highest BCUT2D eigenvalue weighted by Crippen LogP contribution is 2.24. The Morgan fingerprint density at radius 2 is 2.17 bits per heavy atom. The summed E-state index contributed by atoms with van der Waals surface area (Å²) in [4.78, 5) is 13.3. The number of carbonyl (C=O) groups is 1. The number of hydrogen-bond donors (Lipinski definition) is 2. The average Bonchev–Trinajstić information content (AvgIpc) is 2.67. The molecule has 0 radical (unpaired) electrons. The number of nitrogens with zero attached hydrogens (tertiary/aromatic N) is 1. The van der Waals surface area contributed by atoms with Crippen LogP contribution in [0.4, 0.5) is 13.2 Å². The third-order valence-electron chi connectivity index (χ3n) is 2.11. The summed E-state index contributed by atoms with van der Waals surface area (Å²) in [5.41, 5.74) is 0. The molecule has 1 fully saturated rings. The zero-order valence-electron chi connectivity index (χ0n) is 9.37. The number of rotatable bonds is 2. The van der Waals surface area contributed by atoms with Crippen LogP contribution < -0.4 is 5.32 Å². The van der Waals surface area contributed by atoms with E-state index < -0.39 is 12.1 Å². The predicted molar refractivity (Wildman–Crippen MR) is 67.3 cm³/mol. The second kappa shape index (κ2) is 7.25. The first kappa shape index (κ1) is 15.6. The molecular formula is C9H13F3N2O2S2. The molecule has 9 heteroatoms. The molecule has 0 atom stereocenters. The van der Waals surface area contributed by atoms with Gasteiger partial charge < -0.3 is 10.4 Å². The van der Waals surface area contributed by atoms with Gasteiger partial charge in [-0.3, -0.25) is 4.99 Å². The molecule has 0 aromatic carbocycles. The Hall–Kier alpha value is -0.410. The Kier molecular flexibility index (Phi) is 6.30. The van der Waals surface area contributed by atoms with Crippen molar-refractivity contribution in [3.05, 3.63) is 0 Å². The van der Waals surface area contributed by atoms with Crippen LogP contribution in [0.3, 0.4) is 0 Å². The van der Waals surface area contributed by atoms with Gasteiger partial charge in [-0.15, -0.1) is 0 Å². The van der Waals surface area contributed by atoms with Crippen LogP contribution in [0.25, 0.3) is 0 Å². The summed E-state index contributed by atoms with van der Waals surface area (Å²) >= 11 is 3.85. The Bertz CT molecular complexity index is 319. The fourth-order valence-electron chi connectivity index (χ4n) is 1.06. The van der Waals surface area contributed by atoms with Gasteiger partial charge in [-0.2, -0.15) is 13.2 Å². The maximum Gasteiger partial charge on any atom is 0.490 e. The molecule has 0 amide bonds. The maximum atomic E-state index is 10.6. The van der Waals surface area contributed by atoms with E-state index in [9.17, 15) is 13.2 Å². The lowest BCUT2D eigenvalue weighted by atomic mass is 10.1. The van der Waals surface area contributed by atoms with Gasteiger partial charge in [0.05, 0.1) is 6.54 Å². The molecule has 1 saturated heterocycles. The van der Waals surface area contributed by atoms with Gasteiger partial charge in [-0.25, -0.2) is 4.79 Å². The van der Waals surface area contributed by atoms with E-state index in [0.717, 1.165) is 12.5 Å². The van der Waals surface area contributed by atoms with Crippen molar-refractivity contribution in [2.75, 3.05) is 31.1 Å². The Morgan fingerprint density at radius 3 is 2.50 bits per heavy atom. The standard InChI is InChI=1S/C7H12N2S2.C2HF3O2/c1-2-10-7(9-1)11-5-6-3-8-4-6;3-2(4,5)1(6)7/h6,8H,1-5H2;(H,6,7). The predicted octanol–water partition coefficient (Wildman–Crippen LogP) is 1.68. The number of hydrogen-bond acceptors (Lipinski definition) is 5. The smallest absolute Gasteiger partial charge is 0.475 e. The van der Waals surface area contributed by atoms with Crippen LogP contribution in [0.15, 0.2) is 4.99 Å². The number of aliphatic imine (C=N–C) groups is 1. The topological polar surface area (TPSA) is 61.7 Å². The highest BCUT2D eigenvalue weighted by Gasteiger charge is 2.38. The van der Waals surface area contributed by atoms with Gasteiger partial charge in [-0.1, -0.05) is 23.5 Å². The minimum absolute atomic E-state index is 0.906. The van der Waals surface area contributed by atoms with Crippen molar-refractivity contribution in [1.29, 1.82) is 0 Å². The van der Waals surface area contributed by atoms with Crippen LogP contribution in [0.2, 0.25) is 0 Å². The van der Waals surface area contributed by atoms with Crippen LogP contribution in [0.5, 0.6) is 0 Å². The minimum atomic E-state index is -5.08. The van der Waals surface area contributed by atoms with Crippen LogP contribution in [0.1, 0.15) is 0 Å². The van der Waals surface area contributed by atoms with E-state index in [4.69, 9.17) is 9.90 Å². The zero-order chi connectivity index (χ0) is 13.6. The molecule has 2 aliphatic heterocycles. The Morgan fingerprint density at radius 1 is 1.56 bits per heavy atom. The number of halogens is 3. The van der Waals surface area contributed by atoms with Crippen molar-refractivity contribution in [3.8, 4) is 0 Å². The van der Waals surface area contributed by atoms with E-state index >= 15 is 0 Å². The van der Waals surface area contributed by atoms with Crippen molar-refractivity contribution in [2.45, 2.75) is 6.18 Å². The van der Waals surface area contributed by atoms with Gasteiger partial charge >= 0.3 is 12.1 Å². The molecular weight excluding hydrogens is 289 g/mol. The van der Waals surface area contributed by atoms with E-state index in [0.29, 0.717) is 0 Å². The van der Waals surface area contributed by atoms with E-state index in [2.05, 4.69) is 10.3 Å². The largest absolute Gasteiger partial charge is 0.490 e. The molecule has 0 saturated carbocycles. The number of carboxylic acid groups (broad SMARTS) is 1. The molecule has 104 valence electrons. The van der Waals surface area contributed by atoms with Gasteiger partial charge in [0.15, 0.2) is 0 Å². The lowest BCUT2D eigenvalue weighted by Crippen LogP contribution is -2.43. The average molecular weight is 302 g/mol. The number of carboxylic acids is 1. The second-order valence-electron chi connectivity index (χ2n) is 3.63. The molecule has 2 N–H and O–H groups in total. The first-order chi connectivity index (χ1) is 8.39. The second-order valence-corrected chi connectivity index (χ2v) is 5.99. The molecule has 0 bridgehead atoms. The molecule has 0 aliphatic carbocycles. The normalized spacial score (nSPS) is 19.6. The fourth-order valence-corrected chi connectivity index (χ4v) is 3.18. The lowest BCUT2D eigenvalue weighted by molar-refractivity contribution is -0.192. The SMILES string of the molecule is C1CSC(SCC2CNC2)=N1.O=C(O)C(F)(F)F. The van der Waals surface area contributed by atoms with Crippen molar-refractivity contribution in [3.63, 3.8) is 0 Å². The highest BCUT2D eigenvalue weighted by atomic mass is 32.2. The number of alkyl halides is 3. The summed E-state index contributed by atoms with van der Waals surface area (Å²) in [6.07, 6.45) is -5.08. The van der Waals surface area contributed by atoms with Gasteiger partial charge in [0.2, 0.25) is 0 Å². The fraction of sp³-hybridized carbons (Fsp3) is 0.778. The number of nitrogens with one attached hydrogen (secondary N) is 1. The minimum Gasteiger partial charge on any atom is -0.475 e. The van der Waals surface area contributed by atoms with Crippen molar-refractivity contribution in [1.82, 2.24) is 5.32 Å². The highest BCUT2D eigenvalue weighted by molar-refractivity contribution is 8.39. The molecule has 4 nitrogen and oxygen atoms in total. The summed E-state index contributed by atoms with van der Waals surface area (Å²) in [5.74, 6) is 0.612. The van der Waals surface area contributed by atoms with Gasteiger partial charge in [-0.05, 0) is 19.0 Å². The monoisotopic (exact) mass is 302 g/mol. The van der Waals surface area contributed by atoms with Crippen LogP contribution in [-0.4, -0.2) is 52.8 Å². The maximum absolute atomic E-state index is 10.6. The van der Waals surface area contributed by atoms with Crippen LogP contribution in [-0.2, 0) is 4.79 Å². The first-order valence-corrected chi connectivity index (χ1v) is 7.17. The van der Waals surface area contributed by atoms with Crippen molar-refractivity contribution in [2.24, 2.45) is 10.9 Å². The van der Waals surface area contributed by atoms with E-state index in [1.807, 2.05) is 23.5 Å². The van der Waals surface area contributed by atoms with Crippen molar-refractivity contribution >= 4 is 33.9 Å². The molecule has 0 spiro atoms. The van der Waals surface area contributed by atoms with Gasteiger partial charge in [0.1, 0.15) is 4.38 Å². The van der Waals surface area contributed by atoms with Crippen LogP contribution in [0, 0.1) is 5.92 Å². The number of thioether (sulfide) groups is 2. The third kappa shape index (κ3) is 5.96. The first-order valence-electron chi connectivity index (χ1n) is 5.20. The van der Waals surface area contributed by atoms with Crippen LogP contribution >= 0.6 is 23.5 Å². The molecule has 0 aromatic rings. The van der Waals surface area contributed by atoms with Gasteiger partial charge in [0, 0.05) is 11.5 Å². The molecule has 2 rings (SSSR count). The van der Waals surface area contributed by atoms with E-state index in [-0.39, 0.29) is 0 Å². The summed E-state index contributed by atoms with van der Waals surface area (Å²) in [6.45, 7) is 3.46. The summed E-state index contributed by atoms with van der Waals surface area (Å²) < 4.78 is 33.1. The molecule has 0 aromatic heterocycles. The zero-order valence-corrected chi connectivity index (χ0v) is 11.0. The summed E-state index contributed by atoms with van der Waals surface area (Å²) in [5, 5.41) is 10.4. The summed E-state index contributed by atoms with van der Waals surface area (Å²) in [7, 11) is 0. The number of aliphatic carboxylic acids is 1. The molecule has 18 heavy (non-hydrogen) atoms. The van der Waals surface area contributed by atoms with E-state index in [1.165, 1.54) is 29.0 Å². The lowest BCUT2D eigenvalue weighted by Gasteiger charge is -2.26.